The number of hydrogen-bond donors (Lipinski definition) is 0. The molecule has 1 aromatic carbocycles. The standard InChI is InChI=1S/C23H31N5O3/c1-16-4-5-17(12-19(16)26(3)18-14-30-15-18)21-24-25-22(31-21)28-10-8-27(9-11-28)20(29)13-23(2)6-7-23/h4-5,12,18H,6-11,13-15H2,1-3H3. The first-order chi connectivity index (χ1) is 14.9. The Balaban J connectivity index is 1.24. The molecule has 2 aromatic rings. The van der Waals surface area contributed by atoms with Crippen molar-refractivity contribution in [2.75, 3.05) is 56.2 Å². The summed E-state index contributed by atoms with van der Waals surface area (Å²) in [5, 5.41) is 8.59. The molecule has 1 saturated carbocycles. The molecule has 0 spiro atoms. The fraction of sp³-hybridized carbons (Fsp3) is 0.609. The van der Waals surface area contributed by atoms with Gasteiger partial charge in [0.2, 0.25) is 11.8 Å². The number of aromatic nitrogens is 2. The molecule has 0 radical (unpaired) electrons. The molecule has 3 heterocycles. The summed E-state index contributed by atoms with van der Waals surface area (Å²) >= 11 is 0. The number of ether oxygens (including phenoxy) is 1. The zero-order valence-corrected chi connectivity index (χ0v) is 18.6. The van der Waals surface area contributed by atoms with Crippen LogP contribution < -0.4 is 9.80 Å². The molecule has 0 unspecified atom stereocenters. The van der Waals surface area contributed by atoms with Gasteiger partial charge in [-0.25, -0.2) is 0 Å². The lowest BCUT2D eigenvalue weighted by molar-refractivity contribution is -0.132. The van der Waals surface area contributed by atoms with Gasteiger partial charge in [0.05, 0.1) is 19.3 Å². The Morgan fingerprint density at radius 3 is 2.58 bits per heavy atom. The number of aryl methyl sites for hydroxylation is 1. The van der Waals surface area contributed by atoms with E-state index in [1.807, 2.05) is 11.0 Å². The molecule has 8 heteroatoms. The molecule has 1 aliphatic carbocycles. The minimum Gasteiger partial charge on any atom is -0.403 e. The Labute approximate surface area is 183 Å². The van der Waals surface area contributed by atoms with Crippen LogP contribution in [0.1, 0.15) is 31.7 Å². The summed E-state index contributed by atoms with van der Waals surface area (Å²) < 4.78 is 11.4. The van der Waals surface area contributed by atoms with Crippen molar-refractivity contribution in [2.45, 2.75) is 39.2 Å². The second-order valence-electron chi connectivity index (χ2n) is 9.55. The molecule has 3 aliphatic rings. The van der Waals surface area contributed by atoms with Crippen LogP contribution in [0.2, 0.25) is 0 Å². The third-order valence-corrected chi connectivity index (χ3v) is 7.00. The van der Waals surface area contributed by atoms with E-state index in [1.165, 1.54) is 18.4 Å². The third-order valence-electron chi connectivity index (χ3n) is 7.00. The second kappa shape index (κ2) is 7.82. The van der Waals surface area contributed by atoms with Crippen molar-refractivity contribution in [1.29, 1.82) is 0 Å². The van der Waals surface area contributed by atoms with Crippen LogP contribution in [-0.4, -0.2) is 73.5 Å². The molecule has 166 valence electrons. The fourth-order valence-corrected chi connectivity index (χ4v) is 4.24. The van der Waals surface area contributed by atoms with E-state index >= 15 is 0 Å². The number of anilines is 2. The molecule has 3 fully saturated rings. The lowest BCUT2D eigenvalue weighted by atomic mass is 10.0. The average Bonchev–Trinajstić information content (AvgIpc) is 3.24. The number of rotatable bonds is 6. The predicted molar refractivity (Wildman–Crippen MR) is 118 cm³/mol. The highest BCUT2D eigenvalue weighted by Crippen LogP contribution is 2.48. The van der Waals surface area contributed by atoms with Gasteiger partial charge in [-0.1, -0.05) is 18.1 Å². The Kier molecular flexibility index (Phi) is 5.12. The summed E-state index contributed by atoms with van der Waals surface area (Å²) in [6.07, 6.45) is 3.03. The minimum atomic E-state index is 0.252. The summed E-state index contributed by atoms with van der Waals surface area (Å²) in [6, 6.07) is 7.17. The van der Waals surface area contributed by atoms with Crippen LogP contribution in [0.25, 0.3) is 11.5 Å². The van der Waals surface area contributed by atoms with Crippen LogP contribution in [0.3, 0.4) is 0 Å². The van der Waals surface area contributed by atoms with Crippen molar-refractivity contribution in [3.05, 3.63) is 23.8 Å². The van der Waals surface area contributed by atoms with Crippen molar-refractivity contribution >= 4 is 17.6 Å². The first-order valence-electron chi connectivity index (χ1n) is 11.2. The molecule has 0 N–H and O–H groups in total. The molecular formula is C23H31N5O3. The molecule has 31 heavy (non-hydrogen) atoms. The van der Waals surface area contributed by atoms with Crippen molar-refractivity contribution in [1.82, 2.24) is 15.1 Å². The van der Waals surface area contributed by atoms with E-state index in [2.05, 4.69) is 53.0 Å². The van der Waals surface area contributed by atoms with E-state index in [4.69, 9.17) is 9.15 Å². The Bertz CT molecular complexity index is 958. The number of hydrogen-bond acceptors (Lipinski definition) is 7. The largest absolute Gasteiger partial charge is 0.403 e. The van der Waals surface area contributed by atoms with E-state index < -0.39 is 0 Å². The highest BCUT2D eigenvalue weighted by molar-refractivity contribution is 5.77. The highest BCUT2D eigenvalue weighted by Gasteiger charge is 2.40. The summed E-state index contributed by atoms with van der Waals surface area (Å²) in [6.45, 7) is 8.68. The summed E-state index contributed by atoms with van der Waals surface area (Å²) in [5.41, 5.74) is 3.53. The van der Waals surface area contributed by atoms with Crippen LogP contribution >= 0.6 is 0 Å². The molecular weight excluding hydrogens is 394 g/mol. The van der Waals surface area contributed by atoms with Crippen molar-refractivity contribution in [3.8, 4) is 11.5 Å². The van der Waals surface area contributed by atoms with Gasteiger partial charge in [0.1, 0.15) is 0 Å². The van der Waals surface area contributed by atoms with Gasteiger partial charge in [0, 0.05) is 50.9 Å². The molecule has 5 rings (SSSR count). The molecule has 2 saturated heterocycles. The molecule has 1 aromatic heterocycles. The average molecular weight is 426 g/mol. The number of benzene rings is 1. The number of nitrogens with zero attached hydrogens (tertiary/aromatic N) is 5. The van der Waals surface area contributed by atoms with E-state index in [1.54, 1.807) is 0 Å². The van der Waals surface area contributed by atoms with Crippen molar-refractivity contribution in [3.63, 3.8) is 0 Å². The first kappa shape index (κ1) is 20.3. The van der Waals surface area contributed by atoms with Crippen LogP contribution in [-0.2, 0) is 9.53 Å². The van der Waals surface area contributed by atoms with E-state index in [0.717, 1.165) is 24.5 Å². The fourth-order valence-electron chi connectivity index (χ4n) is 4.24. The number of piperazine rings is 1. The summed E-state index contributed by atoms with van der Waals surface area (Å²) in [4.78, 5) is 18.8. The topological polar surface area (TPSA) is 74.9 Å². The van der Waals surface area contributed by atoms with E-state index in [0.29, 0.717) is 50.5 Å². The molecule has 2 aliphatic heterocycles. The van der Waals surface area contributed by atoms with Gasteiger partial charge >= 0.3 is 6.01 Å². The van der Waals surface area contributed by atoms with Gasteiger partial charge in [-0.3, -0.25) is 4.79 Å². The summed E-state index contributed by atoms with van der Waals surface area (Å²) in [7, 11) is 2.10. The van der Waals surface area contributed by atoms with E-state index in [-0.39, 0.29) is 11.3 Å². The Morgan fingerprint density at radius 2 is 1.94 bits per heavy atom. The van der Waals surface area contributed by atoms with Crippen LogP contribution in [0, 0.1) is 12.3 Å². The smallest absolute Gasteiger partial charge is 0.318 e. The van der Waals surface area contributed by atoms with Gasteiger partial charge in [-0.05, 0) is 42.9 Å². The van der Waals surface area contributed by atoms with Crippen LogP contribution in [0.15, 0.2) is 22.6 Å². The SMILES string of the molecule is Cc1ccc(-c2nnc(N3CCN(C(=O)CC4(C)CC4)CC3)o2)cc1N(C)C1COC1. The lowest BCUT2D eigenvalue weighted by Crippen LogP contribution is -2.49. The molecule has 0 atom stereocenters. The minimum absolute atomic E-state index is 0.252. The third kappa shape index (κ3) is 4.13. The van der Waals surface area contributed by atoms with Gasteiger partial charge < -0.3 is 23.9 Å². The van der Waals surface area contributed by atoms with Crippen molar-refractivity contribution < 1.29 is 13.9 Å². The zero-order valence-electron chi connectivity index (χ0n) is 18.6. The molecule has 8 nitrogen and oxygen atoms in total. The Morgan fingerprint density at radius 1 is 1.19 bits per heavy atom. The monoisotopic (exact) mass is 425 g/mol. The second-order valence-corrected chi connectivity index (χ2v) is 9.55. The van der Waals surface area contributed by atoms with E-state index in [9.17, 15) is 4.79 Å². The predicted octanol–water partition coefficient (Wildman–Crippen LogP) is 2.72. The number of likely N-dealkylation sites (N-methyl/N-ethyl adjacent to an activating group) is 1. The van der Waals surface area contributed by atoms with Gasteiger partial charge in [0.15, 0.2) is 0 Å². The molecule has 0 bridgehead atoms. The number of amides is 1. The van der Waals surface area contributed by atoms with Gasteiger partial charge in [-0.2, -0.15) is 0 Å². The maximum absolute atomic E-state index is 12.5. The normalized spacial score (nSPS) is 20.5. The van der Waals surface area contributed by atoms with Crippen LogP contribution in [0.5, 0.6) is 0 Å². The van der Waals surface area contributed by atoms with Crippen molar-refractivity contribution in [2.24, 2.45) is 5.41 Å². The van der Waals surface area contributed by atoms with Crippen LogP contribution in [0.4, 0.5) is 11.7 Å². The quantitative estimate of drug-likeness (QED) is 0.704. The Hall–Kier alpha value is -2.61. The number of carbonyl (C=O) groups excluding carboxylic acids is 1. The maximum atomic E-state index is 12.5. The van der Waals surface area contributed by atoms with Gasteiger partial charge in [-0.15, -0.1) is 5.10 Å². The lowest BCUT2D eigenvalue weighted by Gasteiger charge is -2.37. The van der Waals surface area contributed by atoms with Gasteiger partial charge in [0.25, 0.3) is 0 Å². The number of carbonyl (C=O) groups is 1. The zero-order chi connectivity index (χ0) is 21.6. The summed E-state index contributed by atoms with van der Waals surface area (Å²) in [5.74, 6) is 0.800. The highest BCUT2D eigenvalue weighted by atomic mass is 16.5. The maximum Gasteiger partial charge on any atom is 0.318 e. The molecule has 1 amide bonds. The first-order valence-corrected chi connectivity index (χ1v) is 11.2.